The highest BCUT2D eigenvalue weighted by molar-refractivity contribution is 5.89. The fourth-order valence-corrected chi connectivity index (χ4v) is 7.91. The highest BCUT2D eigenvalue weighted by Crippen LogP contribution is 2.63. The quantitative estimate of drug-likeness (QED) is 0.255. The van der Waals surface area contributed by atoms with Gasteiger partial charge in [0.25, 0.3) is 0 Å². The van der Waals surface area contributed by atoms with E-state index in [2.05, 4.69) is 13.5 Å². The molecule has 0 aromatic heterocycles. The van der Waals surface area contributed by atoms with Crippen LogP contribution in [0, 0.1) is 16.7 Å². The van der Waals surface area contributed by atoms with E-state index in [0.717, 1.165) is 5.57 Å². The van der Waals surface area contributed by atoms with E-state index in [-0.39, 0.29) is 6.42 Å². The molecule has 3 N–H and O–H groups in total. The monoisotopic (exact) mass is 556 g/mol. The molecule has 7 atom stereocenters. The van der Waals surface area contributed by atoms with Crippen molar-refractivity contribution in [2.45, 2.75) is 103 Å². The number of hydrogen-bond donors (Lipinski definition) is 3. The summed E-state index contributed by atoms with van der Waals surface area (Å²) >= 11 is 0. The molecule has 0 amide bonds. The largest absolute Gasteiger partial charge is 0.456 e. The summed E-state index contributed by atoms with van der Waals surface area (Å²) in [4.78, 5) is 26.2. The third-order valence-corrected chi connectivity index (χ3v) is 10.1. The number of esters is 2. The van der Waals surface area contributed by atoms with Crippen molar-refractivity contribution < 1.29 is 39.1 Å². The number of aliphatic hydroxyl groups is 3. The second-order valence-corrected chi connectivity index (χ2v) is 12.6. The summed E-state index contributed by atoms with van der Waals surface area (Å²) in [7, 11) is 0. The minimum Gasteiger partial charge on any atom is -0.456 e. The summed E-state index contributed by atoms with van der Waals surface area (Å²) < 4.78 is 18.5. The van der Waals surface area contributed by atoms with Gasteiger partial charge in [-0.15, -0.1) is 0 Å². The zero-order chi connectivity index (χ0) is 29.5. The minimum absolute atomic E-state index is 0.190. The van der Waals surface area contributed by atoms with Crippen LogP contribution in [0.15, 0.2) is 54.1 Å². The van der Waals surface area contributed by atoms with Gasteiger partial charge in [-0.1, -0.05) is 56.7 Å². The lowest BCUT2D eigenvalue weighted by Gasteiger charge is -2.64. The number of benzene rings is 1. The van der Waals surface area contributed by atoms with Crippen LogP contribution in [0.1, 0.15) is 83.5 Å². The Bertz CT molecular complexity index is 1160. The van der Waals surface area contributed by atoms with Gasteiger partial charge in [-0.05, 0) is 63.7 Å². The van der Waals surface area contributed by atoms with Crippen LogP contribution in [-0.4, -0.2) is 63.6 Å². The first kappa shape index (κ1) is 30.4. The number of carbonyl (C=O) groups is 2. The average molecular weight is 557 g/mol. The van der Waals surface area contributed by atoms with E-state index in [1.54, 1.807) is 30.3 Å². The Morgan fingerprint density at radius 1 is 1.12 bits per heavy atom. The molecule has 220 valence electrons. The van der Waals surface area contributed by atoms with E-state index < -0.39 is 65.0 Å². The first-order valence-electron chi connectivity index (χ1n) is 14.2. The summed E-state index contributed by atoms with van der Waals surface area (Å²) in [5, 5.41) is 34.2. The molecule has 40 heavy (non-hydrogen) atoms. The van der Waals surface area contributed by atoms with Gasteiger partial charge < -0.3 is 29.5 Å². The van der Waals surface area contributed by atoms with Gasteiger partial charge in [-0.3, -0.25) is 4.79 Å². The summed E-state index contributed by atoms with van der Waals surface area (Å²) in [5.41, 5.74) is -2.09. The highest BCUT2D eigenvalue weighted by Gasteiger charge is 2.69. The van der Waals surface area contributed by atoms with Gasteiger partial charge in [0.15, 0.2) is 6.29 Å². The van der Waals surface area contributed by atoms with Crippen molar-refractivity contribution in [3.05, 3.63) is 59.7 Å². The molecule has 1 aromatic rings. The Morgan fingerprint density at radius 2 is 1.80 bits per heavy atom. The lowest BCUT2D eigenvalue weighted by atomic mass is 9.47. The summed E-state index contributed by atoms with van der Waals surface area (Å²) in [6.45, 7) is 12.4. The number of fused-ring (bicyclic) bond motifs is 3. The maximum absolute atomic E-state index is 13.7. The number of ether oxygens (including phenoxy) is 3. The van der Waals surface area contributed by atoms with Crippen molar-refractivity contribution in [2.75, 3.05) is 6.61 Å². The van der Waals surface area contributed by atoms with Gasteiger partial charge in [0.05, 0.1) is 18.3 Å². The molecule has 2 saturated carbocycles. The van der Waals surface area contributed by atoms with Crippen molar-refractivity contribution in [1.29, 1.82) is 0 Å². The van der Waals surface area contributed by atoms with E-state index in [1.807, 2.05) is 20.8 Å². The summed E-state index contributed by atoms with van der Waals surface area (Å²) in [6.07, 6.45) is 0.956. The van der Waals surface area contributed by atoms with Crippen molar-refractivity contribution >= 4 is 11.9 Å². The van der Waals surface area contributed by atoms with Crippen LogP contribution < -0.4 is 0 Å². The number of carbonyl (C=O) groups excluding carboxylic acids is 2. The fraction of sp³-hybridized carbons (Fsp3) is 0.625. The van der Waals surface area contributed by atoms with E-state index in [4.69, 9.17) is 14.2 Å². The molecule has 3 aliphatic rings. The Labute approximate surface area is 237 Å². The molecule has 1 aromatic carbocycles. The maximum Gasteiger partial charge on any atom is 0.338 e. The molecule has 0 spiro atoms. The maximum atomic E-state index is 13.7. The molecule has 4 rings (SSSR count). The molecular weight excluding hydrogens is 512 g/mol. The molecule has 8 heteroatoms. The number of aliphatic hydroxyl groups excluding tert-OH is 2. The molecular formula is C32H44O8. The Morgan fingerprint density at radius 3 is 2.40 bits per heavy atom. The fourth-order valence-electron chi connectivity index (χ4n) is 7.91. The number of hydrogen-bond acceptors (Lipinski definition) is 8. The number of allylic oxidation sites excluding steroid dienone is 1. The second kappa shape index (κ2) is 11.0. The molecule has 2 bridgehead atoms. The van der Waals surface area contributed by atoms with Crippen molar-refractivity contribution in [3.8, 4) is 0 Å². The third kappa shape index (κ3) is 4.93. The second-order valence-electron chi connectivity index (χ2n) is 12.6. The third-order valence-electron chi connectivity index (χ3n) is 10.1. The Kier molecular flexibility index (Phi) is 8.41. The van der Waals surface area contributed by atoms with Crippen molar-refractivity contribution in [3.63, 3.8) is 0 Å². The summed E-state index contributed by atoms with van der Waals surface area (Å²) in [5.74, 6) is -2.06. The Hall–Kier alpha value is -2.52. The zero-order valence-electron chi connectivity index (χ0n) is 24.3. The van der Waals surface area contributed by atoms with E-state index in [1.165, 1.54) is 18.6 Å². The first-order chi connectivity index (χ1) is 18.8. The lowest BCUT2D eigenvalue weighted by Crippen LogP contribution is -2.72. The predicted molar refractivity (Wildman–Crippen MR) is 149 cm³/mol. The first-order valence-corrected chi connectivity index (χ1v) is 14.2. The smallest absolute Gasteiger partial charge is 0.338 e. The van der Waals surface area contributed by atoms with Crippen molar-refractivity contribution in [2.24, 2.45) is 16.7 Å². The standard InChI is InChI=1S/C32H44O8/c1-7-25(35)38-24-15-17-31(19-33,40-21(3)34)26-27(39-28(36)22-11-9-8-10-12-22)32(37)18-13-20(2)23(29(32,4)5)14-16-30(24,26)6/h7-12,24-27,33,35,37H,1,13-19H2,2-6H3/t24-,25?,26?,27-,30+,31+,32+/m0/s1. The molecule has 0 radical (unpaired) electrons. The van der Waals surface area contributed by atoms with Crippen molar-refractivity contribution in [1.82, 2.24) is 0 Å². The molecule has 3 aliphatic carbocycles. The van der Waals surface area contributed by atoms with Gasteiger partial charge >= 0.3 is 11.9 Å². The molecule has 0 aliphatic heterocycles. The lowest BCUT2D eigenvalue weighted by molar-refractivity contribution is -0.282. The minimum atomic E-state index is -1.56. The van der Waals surface area contributed by atoms with Gasteiger partial charge in [0.2, 0.25) is 0 Å². The average Bonchev–Trinajstić information content (AvgIpc) is 2.91. The molecule has 2 fully saturated rings. The van der Waals surface area contributed by atoms with Gasteiger partial charge in [0, 0.05) is 23.7 Å². The van der Waals surface area contributed by atoms with E-state index in [0.29, 0.717) is 37.7 Å². The molecule has 2 unspecified atom stereocenters. The van der Waals surface area contributed by atoms with Crippen LogP contribution in [0.4, 0.5) is 0 Å². The van der Waals surface area contributed by atoms with Crippen LogP contribution in [0.25, 0.3) is 0 Å². The molecule has 8 nitrogen and oxygen atoms in total. The van der Waals surface area contributed by atoms with Gasteiger partial charge in [0.1, 0.15) is 17.3 Å². The molecule has 0 saturated heterocycles. The van der Waals surface area contributed by atoms with Crippen LogP contribution in [0.2, 0.25) is 0 Å². The van der Waals surface area contributed by atoms with Crippen LogP contribution in [-0.2, 0) is 19.0 Å². The van der Waals surface area contributed by atoms with E-state index >= 15 is 0 Å². The highest BCUT2D eigenvalue weighted by atomic mass is 16.6. The zero-order valence-corrected chi connectivity index (χ0v) is 24.3. The van der Waals surface area contributed by atoms with E-state index in [9.17, 15) is 24.9 Å². The topological polar surface area (TPSA) is 123 Å². The predicted octanol–water partition coefficient (Wildman–Crippen LogP) is 4.47. The Balaban J connectivity index is 1.99. The molecule has 0 heterocycles. The van der Waals surface area contributed by atoms with Crippen LogP contribution in [0.5, 0.6) is 0 Å². The van der Waals surface area contributed by atoms with Crippen LogP contribution in [0.3, 0.4) is 0 Å². The number of rotatable bonds is 7. The summed E-state index contributed by atoms with van der Waals surface area (Å²) in [6, 6.07) is 8.57. The van der Waals surface area contributed by atoms with Crippen LogP contribution >= 0.6 is 0 Å². The van der Waals surface area contributed by atoms with Gasteiger partial charge in [-0.25, -0.2) is 4.79 Å². The van der Waals surface area contributed by atoms with Gasteiger partial charge in [-0.2, -0.15) is 0 Å². The normalized spacial score (nSPS) is 36.0. The SMILES string of the molecule is C=CC(O)O[C@H]1CC[C@](CO)(OC(C)=O)C2[C@H](OC(=O)c3ccccc3)[C@]3(O)CCC(C)=C(CC[C@@]21C)C3(C)C.